The molecule has 0 radical (unpaired) electrons. The summed E-state index contributed by atoms with van der Waals surface area (Å²) in [7, 11) is 0. The van der Waals surface area contributed by atoms with E-state index >= 15 is 0 Å². The minimum Gasteiger partial charge on any atom is -0.489 e. The maximum Gasteiger partial charge on any atom is 0.387 e. The van der Waals surface area contributed by atoms with Crippen LogP contribution >= 0.6 is 0 Å². The fourth-order valence-electron chi connectivity index (χ4n) is 3.80. The fourth-order valence-corrected chi connectivity index (χ4v) is 3.80. The van der Waals surface area contributed by atoms with Gasteiger partial charge in [0.2, 0.25) is 11.7 Å². The maximum atomic E-state index is 13.4. The predicted octanol–water partition coefficient (Wildman–Crippen LogP) is 2.04. The summed E-state index contributed by atoms with van der Waals surface area (Å²) < 4.78 is 46.9. The molecule has 12 heteroatoms. The number of carbonyl (C=O) groups excluding carboxylic acids is 2. The number of ether oxygens (including phenoxy) is 3. The SMILES string of the molecule is C[C@H](N)c1oc(-c2ccc(OC(F)F)c(OCC3CC3)c2)nc1C(=O)C(OC=O)C1CNCCN1. The molecule has 0 spiro atoms. The Kier molecular flexibility index (Phi) is 7.93. The number of halogens is 2. The van der Waals surface area contributed by atoms with E-state index in [2.05, 4.69) is 20.4 Å². The number of aromatic nitrogens is 1. The number of Topliss-reactive ketones (excluding diaryl/α,β-unsaturated/α-hetero) is 1. The van der Waals surface area contributed by atoms with E-state index in [4.69, 9.17) is 19.6 Å². The Hall–Kier alpha value is -3.09. The largest absolute Gasteiger partial charge is 0.489 e. The highest BCUT2D eigenvalue weighted by Crippen LogP contribution is 2.37. The van der Waals surface area contributed by atoms with Crippen LogP contribution in [0.1, 0.15) is 42.1 Å². The Bertz CT molecular complexity index is 1040. The molecule has 2 unspecified atom stereocenters. The van der Waals surface area contributed by atoms with Crippen LogP contribution in [0.4, 0.5) is 8.78 Å². The average molecular weight is 494 g/mol. The minimum atomic E-state index is -3.02. The van der Waals surface area contributed by atoms with Gasteiger partial charge in [-0.1, -0.05) is 0 Å². The number of nitrogens with two attached hydrogens (primary N) is 1. The van der Waals surface area contributed by atoms with Crippen LogP contribution in [-0.2, 0) is 9.53 Å². The van der Waals surface area contributed by atoms with Gasteiger partial charge in [-0.15, -0.1) is 0 Å². The number of nitrogens with zero attached hydrogens (tertiary/aromatic N) is 1. The standard InChI is InChI=1S/C23H28F2N4O6/c1-12(26)20-18(19(31)21(33-11-30)15-9-27-6-7-28-15)29-22(35-20)14-4-5-16(34-23(24)25)17(8-14)32-10-13-2-3-13/h4-5,8,11-13,15,21,23,27-28H,2-3,6-7,9-10,26H2,1H3/t12-,15?,21?/m0/s1. The van der Waals surface area contributed by atoms with Crippen molar-refractivity contribution in [3.63, 3.8) is 0 Å². The number of rotatable bonds is 12. The van der Waals surface area contributed by atoms with Gasteiger partial charge in [0.1, 0.15) is 0 Å². The number of hydrogen-bond acceptors (Lipinski definition) is 10. The molecule has 0 bridgehead atoms. The van der Waals surface area contributed by atoms with Crippen molar-refractivity contribution in [2.24, 2.45) is 11.7 Å². The maximum absolute atomic E-state index is 13.4. The van der Waals surface area contributed by atoms with Crippen molar-refractivity contribution in [2.75, 3.05) is 26.2 Å². The van der Waals surface area contributed by atoms with E-state index in [1.165, 1.54) is 18.2 Å². The van der Waals surface area contributed by atoms with Crippen molar-refractivity contribution in [3.8, 4) is 23.0 Å². The quantitative estimate of drug-likeness (QED) is 0.297. The number of nitrogens with one attached hydrogen (secondary N) is 2. The first-order valence-electron chi connectivity index (χ1n) is 11.4. The van der Waals surface area contributed by atoms with Crippen LogP contribution < -0.4 is 25.8 Å². The van der Waals surface area contributed by atoms with E-state index in [0.717, 1.165) is 12.8 Å². The van der Waals surface area contributed by atoms with Gasteiger partial charge in [-0.05, 0) is 43.9 Å². The Morgan fingerprint density at radius 3 is 2.74 bits per heavy atom. The van der Waals surface area contributed by atoms with Crippen LogP contribution in [0.3, 0.4) is 0 Å². The van der Waals surface area contributed by atoms with Gasteiger partial charge < -0.3 is 35.0 Å². The van der Waals surface area contributed by atoms with Crippen molar-refractivity contribution in [1.82, 2.24) is 15.6 Å². The van der Waals surface area contributed by atoms with Crippen LogP contribution in [0, 0.1) is 5.92 Å². The van der Waals surface area contributed by atoms with Gasteiger partial charge in [-0.3, -0.25) is 9.59 Å². The third-order valence-corrected chi connectivity index (χ3v) is 5.78. The number of benzene rings is 1. The van der Waals surface area contributed by atoms with Gasteiger partial charge in [0, 0.05) is 25.2 Å². The molecular weight excluding hydrogens is 466 g/mol. The number of hydrogen-bond donors (Lipinski definition) is 3. The van der Waals surface area contributed by atoms with Crippen LogP contribution in [-0.4, -0.2) is 62.2 Å². The molecule has 1 aliphatic heterocycles. The zero-order valence-electron chi connectivity index (χ0n) is 19.2. The first kappa shape index (κ1) is 25.0. The summed E-state index contributed by atoms with van der Waals surface area (Å²) in [5, 5.41) is 6.29. The third-order valence-electron chi connectivity index (χ3n) is 5.78. The molecular formula is C23H28F2N4O6. The summed E-state index contributed by atoms with van der Waals surface area (Å²) in [6.45, 7) is 0.924. The van der Waals surface area contributed by atoms with Gasteiger partial charge in [0.25, 0.3) is 6.47 Å². The van der Waals surface area contributed by atoms with E-state index < -0.39 is 30.6 Å². The van der Waals surface area contributed by atoms with Crippen molar-refractivity contribution in [3.05, 3.63) is 29.7 Å². The highest BCUT2D eigenvalue weighted by Gasteiger charge is 2.36. The van der Waals surface area contributed by atoms with Crippen molar-refractivity contribution in [2.45, 2.75) is 44.6 Å². The topological polar surface area (TPSA) is 138 Å². The van der Waals surface area contributed by atoms with E-state index in [0.29, 0.717) is 37.7 Å². The number of carbonyl (C=O) groups is 2. The normalized spacial score (nSPS) is 19.7. The summed E-state index contributed by atoms with van der Waals surface area (Å²) in [4.78, 5) is 28.9. The fraction of sp³-hybridized carbons (Fsp3) is 0.522. The molecule has 2 aliphatic rings. The second kappa shape index (κ2) is 11.1. The van der Waals surface area contributed by atoms with E-state index in [1.54, 1.807) is 6.92 Å². The average Bonchev–Trinajstić information content (AvgIpc) is 3.56. The molecule has 10 nitrogen and oxygen atoms in total. The molecule has 1 aliphatic carbocycles. The van der Waals surface area contributed by atoms with Crippen molar-refractivity contribution < 1.29 is 37.0 Å². The molecule has 0 amide bonds. The highest BCUT2D eigenvalue weighted by molar-refractivity contribution is 6.00. The Morgan fingerprint density at radius 2 is 2.11 bits per heavy atom. The summed E-state index contributed by atoms with van der Waals surface area (Å²) in [5.74, 6) is -0.0331. The summed E-state index contributed by atoms with van der Waals surface area (Å²) in [5.41, 5.74) is 6.35. The van der Waals surface area contributed by atoms with Gasteiger partial charge >= 0.3 is 6.61 Å². The lowest BCUT2D eigenvalue weighted by molar-refractivity contribution is -0.133. The molecule has 2 heterocycles. The molecule has 4 rings (SSSR count). The Morgan fingerprint density at radius 1 is 1.31 bits per heavy atom. The lowest BCUT2D eigenvalue weighted by Crippen LogP contribution is -2.57. The first-order chi connectivity index (χ1) is 16.9. The van der Waals surface area contributed by atoms with Gasteiger partial charge in [-0.25, -0.2) is 4.98 Å². The van der Waals surface area contributed by atoms with Crippen molar-refractivity contribution >= 4 is 12.3 Å². The molecule has 1 aromatic heterocycles. The molecule has 2 aromatic rings. The molecule has 2 fully saturated rings. The Labute approximate surface area is 200 Å². The predicted molar refractivity (Wildman–Crippen MR) is 119 cm³/mol. The second-order valence-electron chi connectivity index (χ2n) is 8.60. The summed E-state index contributed by atoms with van der Waals surface area (Å²) in [6, 6.07) is 3.11. The number of alkyl halides is 2. The highest BCUT2D eigenvalue weighted by atomic mass is 19.3. The smallest absolute Gasteiger partial charge is 0.387 e. The molecule has 1 aromatic carbocycles. The van der Waals surface area contributed by atoms with E-state index in [-0.39, 0.29) is 35.3 Å². The van der Waals surface area contributed by atoms with Crippen LogP contribution in [0.5, 0.6) is 11.5 Å². The third kappa shape index (κ3) is 6.13. The lowest BCUT2D eigenvalue weighted by atomic mass is 10.0. The number of oxazole rings is 1. The number of ketones is 1. The number of piperazine rings is 1. The molecule has 1 saturated carbocycles. The monoisotopic (exact) mass is 494 g/mol. The first-order valence-corrected chi connectivity index (χ1v) is 11.4. The van der Waals surface area contributed by atoms with Crippen molar-refractivity contribution in [1.29, 1.82) is 0 Å². The van der Waals surface area contributed by atoms with Crippen LogP contribution in [0.15, 0.2) is 22.6 Å². The zero-order chi connectivity index (χ0) is 24.9. The van der Waals surface area contributed by atoms with E-state index in [9.17, 15) is 18.4 Å². The summed E-state index contributed by atoms with van der Waals surface area (Å²) in [6.07, 6.45) is 0.890. The molecule has 3 atom stereocenters. The van der Waals surface area contributed by atoms with Gasteiger partial charge in [0.15, 0.2) is 29.1 Å². The molecule has 1 saturated heterocycles. The molecule has 4 N–H and O–H groups in total. The van der Waals surface area contributed by atoms with Gasteiger partial charge in [-0.2, -0.15) is 8.78 Å². The second-order valence-corrected chi connectivity index (χ2v) is 8.60. The Balaban J connectivity index is 1.65. The summed E-state index contributed by atoms with van der Waals surface area (Å²) >= 11 is 0. The van der Waals surface area contributed by atoms with E-state index in [1.807, 2.05) is 0 Å². The van der Waals surface area contributed by atoms with Crippen LogP contribution in [0.2, 0.25) is 0 Å². The molecule has 190 valence electrons. The van der Waals surface area contributed by atoms with Gasteiger partial charge in [0.05, 0.1) is 18.7 Å². The molecule has 35 heavy (non-hydrogen) atoms. The lowest BCUT2D eigenvalue weighted by Gasteiger charge is -2.29. The van der Waals surface area contributed by atoms with Crippen LogP contribution in [0.25, 0.3) is 11.5 Å². The minimum absolute atomic E-state index is 0.0418. The zero-order valence-corrected chi connectivity index (χ0v) is 19.2.